The Morgan fingerprint density at radius 3 is 3.11 bits per heavy atom. The third-order valence-electron chi connectivity index (χ3n) is 3.60. The fourth-order valence-corrected chi connectivity index (χ4v) is 2.46. The van der Waals surface area contributed by atoms with Crippen molar-refractivity contribution in [3.05, 3.63) is 24.0 Å². The number of amides is 1. The van der Waals surface area contributed by atoms with Gasteiger partial charge in [0.2, 0.25) is 0 Å². The van der Waals surface area contributed by atoms with Crippen LogP contribution in [0.15, 0.2) is 18.5 Å². The Morgan fingerprint density at radius 1 is 1.58 bits per heavy atom. The second-order valence-electron chi connectivity index (χ2n) is 4.94. The average molecular weight is 262 g/mol. The lowest BCUT2D eigenvalue weighted by molar-refractivity contribution is 0.0944. The molecule has 0 radical (unpaired) electrons. The summed E-state index contributed by atoms with van der Waals surface area (Å²) in [7, 11) is 2.11. The molecule has 2 N–H and O–H groups in total. The minimum Gasteiger partial charge on any atom is -0.385 e. The maximum atomic E-state index is 12.2. The van der Waals surface area contributed by atoms with Crippen molar-refractivity contribution in [2.75, 3.05) is 32.0 Å². The topological polar surface area (TPSA) is 57.3 Å². The number of likely N-dealkylation sites (tertiary alicyclic amines) is 1. The summed E-state index contributed by atoms with van der Waals surface area (Å²) in [6.45, 7) is 4.62. The zero-order valence-electron chi connectivity index (χ0n) is 11.6. The number of anilines is 1. The van der Waals surface area contributed by atoms with Gasteiger partial charge < -0.3 is 15.5 Å². The van der Waals surface area contributed by atoms with Crippen molar-refractivity contribution in [1.82, 2.24) is 15.2 Å². The van der Waals surface area contributed by atoms with E-state index in [1.54, 1.807) is 12.4 Å². The van der Waals surface area contributed by atoms with E-state index in [1.807, 2.05) is 13.0 Å². The molecule has 1 saturated heterocycles. The van der Waals surface area contributed by atoms with Crippen molar-refractivity contribution < 1.29 is 4.79 Å². The maximum absolute atomic E-state index is 12.2. The number of rotatable bonds is 5. The number of likely N-dealkylation sites (N-methyl/N-ethyl adjacent to an activating group) is 1. The minimum absolute atomic E-state index is 0.0515. The van der Waals surface area contributed by atoms with Crippen molar-refractivity contribution in [2.24, 2.45) is 0 Å². The van der Waals surface area contributed by atoms with Crippen LogP contribution in [-0.4, -0.2) is 48.5 Å². The predicted molar refractivity (Wildman–Crippen MR) is 76.4 cm³/mol. The van der Waals surface area contributed by atoms with Crippen LogP contribution >= 0.6 is 0 Å². The number of carbonyl (C=O) groups excluding carboxylic acids is 1. The van der Waals surface area contributed by atoms with E-state index in [1.165, 1.54) is 6.42 Å². The van der Waals surface area contributed by atoms with Crippen LogP contribution in [0.1, 0.15) is 30.1 Å². The van der Waals surface area contributed by atoms with Crippen LogP contribution in [0.5, 0.6) is 0 Å². The Bertz CT molecular complexity index is 435. The number of hydrogen-bond acceptors (Lipinski definition) is 4. The molecule has 1 amide bonds. The molecular formula is C14H22N4O. The fraction of sp³-hybridized carbons (Fsp3) is 0.571. The second-order valence-corrected chi connectivity index (χ2v) is 4.94. The van der Waals surface area contributed by atoms with Gasteiger partial charge >= 0.3 is 0 Å². The number of carbonyl (C=O) groups is 1. The van der Waals surface area contributed by atoms with Gasteiger partial charge in [0.15, 0.2) is 0 Å². The Labute approximate surface area is 114 Å². The van der Waals surface area contributed by atoms with Crippen LogP contribution in [0.3, 0.4) is 0 Å². The molecule has 5 nitrogen and oxygen atoms in total. The molecule has 104 valence electrons. The lowest BCUT2D eigenvalue weighted by Gasteiger charge is -2.20. The summed E-state index contributed by atoms with van der Waals surface area (Å²) in [4.78, 5) is 18.5. The molecule has 1 atom stereocenters. The first-order chi connectivity index (χ1) is 9.22. The van der Waals surface area contributed by atoms with E-state index in [0.29, 0.717) is 18.2 Å². The highest BCUT2D eigenvalue weighted by atomic mass is 16.1. The van der Waals surface area contributed by atoms with Crippen molar-refractivity contribution in [3.63, 3.8) is 0 Å². The van der Waals surface area contributed by atoms with Crippen molar-refractivity contribution in [2.45, 2.75) is 25.8 Å². The van der Waals surface area contributed by atoms with E-state index < -0.39 is 0 Å². The molecule has 0 saturated carbocycles. The van der Waals surface area contributed by atoms with Crippen molar-refractivity contribution in [3.8, 4) is 0 Å². The van der Waals surface area contributed by atoms with Gasteiger partial charge in [-0.05, 0) is 39.4 Å². The molecule has 0 aromatic carbocycles. The van der Waals surface area contributed by atoms with E-state index >= 15 is 0 Å². The summed E-state index contributed by atoms with van der Waals surface area (Å²) in [6, 6.07) is 2.29. The first kappa shape index (κ1) is 13.8. The second kappa shape index (κ2) is 6.52. The summed E-state index contributed by atoms with van der Waals surface area (Å²) < 4.78 is 0. The van der Waals surface area contributed by atoms with Gasteiger partial charge in [-0.2, -0.15) is 0 Å². The van der Waals surface area contributed by atoms with E-state index in [9.17, 15) is 4.79 Å². The molecule has 0 aliphatic carbocycles. The van der Waals surface area contributed by atoms with Gasteiger partial charge in [-0.25, -0.2) is 0 Å². The van der Waals surface area contributed by atoms with Crippen LogP contribution in [0.25, 0.3) is 0 Å². The first-order valence-electron chi connectivity index (χ1n) is 6.88. The van der Waals surface area contributed by atoms with Gasteiger partial charge in [0, 0.05) is 31.5 Å². The molecule has 2 heterocycles. The van der Waals surface area contributed by atoms with Crippen molar-refractivity contribution in [1.29, 1.82) is 0 Å². The lowest BCUT2D eigenvalue weighted by atomic mass is 10.2. The maximum Gasteiger partial charge on any atom is 0.255 e. The summed E-state index contributed by atoms with van der Waals surface area (Å²) in [5.41, 5.74) is 1.46. The summed E-state index contributed by atoms with van der Waals surface area (Å²) in [5, 5.41) is 6.19. The summed E-state index contributed by atoms with van der Waals surface area (Å²) in [6.07, 6.45) is 5.68. The monoisotopic (exact) mass is 262 g/mol. The van der Waals surface area contributed by atoms with Crippen LogP contribution in [0.4, 0.5) is 5.69 Å². The van der Waals surface area contributed by atoms with Gasteiger partial charge in [-0.3, -0.25) is 9.78 Å². The fourth-order valence-electron chi connectivity index (χ4n) is 2.46. The standard InChI is InChI=1S/C14H22N4O/c1-3-16-13-6-7-15-10-12(13)14(19)17-9-11-5-4-8-18(11)2/h6-7,10-11H,3-5,8-9H2,1-2H3,(H,15,16)(H,17,19). The van der Waals surface area contributed by atoms with Gasteiger partial charge in [-0.15, -0.1) is 0 Å². The molecule has 0 bridgehead atoms. The number of aromatic nitrogens is 1. The van der Waals surface area contributed by atoms with E-state index in [0.717, 1.165) is 25.2 Å². The third kappa shape index (κ3) is 3.44. The third-order valence-corrected chi connectivity index (χ3v) is 3.60. The van der Waals surface area contributed by atoms with Crippen LogP contribution < -0.4 is 10.6 Å². The highest BCUT2D eigenvalue weighted by molar-refractivity contribution is 5.99. The number of pyridine rings is 1. The molecule has 0 spiro atoms. The van der Waals surface area contributed by atoms with E-state index in [4.69, 9.17) is 0 Å². The zero-order valence-corrected chi connectivity index (χ0v) is 11.6. The highest BCUT2D eigenvalue weighted by Gasteiger charge is 2.21. The van der Waals surface area contributed by atoms with Crippen LogP contribution in [0, 0.1) is 0 Å². The molecule has 1 aromatic rings. The molecule has 1 aromatic heterocycles. The first-order valence-corrected chi connectivity index (χ1v) is 6.88. The molecule has 1 aliphatic rings. The van der Waals surface area contributed by atoms with Crippen LogP contribution in [-0.2, 0) is 0 Å². The van der Waals surface area contributed by atoms with Gasteiger partial charge in [-0.1, -0.05) is 0 Å². The van der Waals surface area contributed by atoms with Gasteiger partial charge in [0.05, 0.1) is 11.3 Å². The zero-order chi connectivity index (χ0) is 13.7. The Hall–Kier alpha value is -1.62. The summed E-state index contributed by atoms with van der Waals surface area (Å²) >= 11 is 0. The van der Waals surface area contributed by atoms with E-state index in [-0.39, 0.29) is 5.91 Å². The molecule has 1 unspecified atom stereocenters. The highest BCUT2D eigenvalue weighted by Crippen LogP contribution is 2.15. The quantitative estimate of drug-likeness (QED) is 0.840. The smallest absolute Gasteiger partial charge is 0.255 e. The molecule has 2 rings (SSSR count). The predicted octanol–water partition coefficient (Wildman–Crippen LogP) is 1.34. The van der Waals surface area contributed by atoms with Crippen LogP contribution in [0.2, 0.25) is 0 Å². The number of hydrogen-bond donors (Lipinski definition) is 2. The number of nitrogens with zero attached hydrogens (tertiary/aromatic N) is 2. The average Bonchev–Trinajstić information content (AvgIpc) is 2.82. The summed E-state index contributed by atoms with van der Waals surface area (Å²) in [5.74, 6) is -0.0515. The Kier molecular flexibility index (Phi) is 4.74. The lowest BCUT2D eigenvalue weighted by Crippen LogP contribution is -2.38. The molecular weight excluding hydrogens is 240 g/mol. The SMILES string of the molecule is CCNc1ccncc1C(=O)NCC1CCCN1C. The van der Waals surface area contributed by atoms with Gasteiger partial charge in [0.1, 0.15) is 0 Å². The van der Waals surface area contributed by atoms with E-state index in [2.05, 4.69) is 27.6 Å². The number of nitrogens with one attached hydrogen (secondary N) is 2. The molecule has 1 aliphatic heterocycles. The van der Waals surface area contributed by atoms with Gasteiger partial charge in [0.25, 0.3) is 5.91 Å². The normalized spacial score (nSPS) is 19.4. The minimum atomic E-state index is -0.0515. The van der Waals surface area contributed by atoms with Crippen molar-refractivity contribution >= 4 is 11.6 Å². The molecule has 19 heavy (non-hydrogen) atoms. The largest absolute Gasteiger partial charge is 0.385 e. The molecule has 5 heteroatoms. The Morgan fingerprint density at radius 2 is 2.42 bits per heavy atom. The molecule has 1 fully saturated rings. The Balaban J connectivity index is 1.95.